The molecule has 0 unspecified atom stereocenters. The molecule has 2 aliphatic heterocycles. The highest BCUT2D eigenvalue weighted by Crippen LogP contribution is 2.55. The predicted octanol–water partition coefficient (Wildman–Crippen LogP) is 2.77. The number of aliphatic hydroxyl groups is 1. The van der Waals surface area contributed by atoms with Gasteiger partial charge in [0.1, 0.15) is 6.10 Å². The number of nitrogens with zero attached hydrogens (tertiary/aromatic N) is 2. The number of hydrogen-bond acceptors (Lipinski definition) is 5. The number of hydrogen-bond donors (Lipinski definition) is 1. The van der Waals surface area contributed by atoms with Crippen LogP contribution in [-0.4, -0.2) is 53.2 Å². The van der Waals surface area contributed by atoms with E-state index in [4.69, 9.17) is 9.47 Å². The molecule has 1 aromatic heterocycles. The zero-order chi connectivity index (χ0) is 20.5. The Balaban J connectivity index is 1.83. The Bertz CT molecular complexity index is 757. The summed E-state index contributed by atoms with van der Waals surface area (Å²) < 4.78 is 110. The summed E-state index contributed by atoms with van der Waals surface area (Å²) in [4.78, 5) is 0. The third-order valence-electron chi connectivity index (χ3n) is 5.17. The number of fused-ring (bicyclic) bond motifs is 2. The highest BCUT2D eigenvalue weighted by Gasteiger charge is 2.64. The summed E-state index contributed by atoms with van der Waals surface area (Å²) in [6.45, 7) is -0.789. The van der Waals surface area contributed by atoms with Crippen molar-refractivity contribution in [1.82, 2.24) is 9.78 Å². The van der Waals surface area contributed by atoms with Crippen molar-refractivity contribution >= 4 is 0 Å². The SMILES string of the molecule is O[C@H]1c2c(c(C(F)(F)F)nn2[C@H]2CCO[C@@H](C(F)(F)F)C2)C2(OCCO2)[C@@H]1F. The highest BCUT2D eigenvalue weighted by atomic mass is 19.4. The topological polar surface area (TPSA) is 65.7 Å². The molecule has 1 spiro atoms. The monoisotopic (exact) mass is 420 g/mol. The van der Waals surface area contributed by atoms with Gasteiger partial charge in [-0.2, -0.15) is 31.4 Å². The van der Waals surface area contributed by atoms with E-state index in [0.29, 0.717) is 4.68 Å². The van der Waals surface area contributed by atoms with Crippen LogP contribution in [0.5, 0.6) is 0 Å². The predicted molar refractivity (Wildman–Crippen MR) is 74.7 cm³/mol. The quantitative estimate of drug-likeness (QED) is 0.708. The standard InChI is InChI=1S/C15H15F7N2O4/c16-11-10(25)9-8(13(11)27-3-4-28-13)12(15(20,21)22)23-24(9)6-1-2-26-7(5-6)14(17,18)19/h6-7,10-11,25H,1-5H2/t6-,7+,10-,11+/m0/s1. The van der Waals surface area contributed by atoms with E-state index < -0.39 is 65.9 Å². The fourth-order valence-electron chi connectivity index (χ4n) is 4.00. The van der Waals surface area contributed by atoms with Crippen LogP contribution in [0.2, 0.25) is 0 Å². The number of ether oxygens (including phenoxy) is 3. The van der Waals surface area contributed by atoms with Crippen LogP contribution in [0.1, 0.15) is 41.9 Å². The van der Waals surface area contributed by atoms with E-state index in [-0.39, 0.29) is 26.2 Å². The second kappa shape index (κ2) is 6.28. The molecule has 6 nitrogen and oxygen atoms in total. The number of aromatic nitrogens is 2. The third-order valence-corrected chi connectivity index (χ3v) is 5.17. The molecular formula is C15H15F7N2O4. The van der Waals surface area contributed by atoms with Gasteiger partial charge in [0, 0.05) is 13.0 Å². The van der Waals surface area contributed by atoms with E-state index in [0.717, 1.165) is 0 Å². The Morgan fingerprint density at radius 3 is 2.29 bits per heavy atom. The van der Waals surface area contributed by atoms with Crippen molar-refractivity contribution in [2.45, 2.75) is 55.4 Å². The molecule has 13 heteroatoms. The van der Waals surface area contributed by atoms with Crippen molar-refractivity contribution in [3.63, 3.8) is 0 Å². The molecule has 0 amide bonds. The average Bonchev–Trinajstić information content (AvgIpc) is 3.28. The Morgan fingerprint density at radius 2 is 1.71 bits per heavy atom. The van der Waals surface area contributed by atoms with Crippen LogP contribution in [0.25, 0.3) is 0 Å². The van der Waals surface area contributed by atoms with Gasteiger partial charge in [0.2, 0.25) is 5.79 Å². The molecule has 3 heterocycles. The maximum Gasteiger partial charge on any atom is 0.435 e. The number of aliphatic hydroxyl groups excluding tert-OH is 1. The molecule has 1 aliphatic carbocycles. The Labute approximate surface area is 153 Å². The molecule has 1 aromatic rings. The molecule has 0 radical (unpaired) electrons. The maximum absolute atomic E-state index is 14.8. The normalized spacial score (nSPS) is 32.9. The van der Waals surface area contributed by atoms with Gasteiger partial charge in [0.25, 0.3) is 0 Å². The molecule has 1 N–H and O–H groups in total. The minimum Gasteiger partial charge on any atom is -0.383 e. The molecule has 28 heavy (non-hydrogen) atoms. The second-order valence-electron chi connectivity index (χ2n) is 6.84. The first-order chi connectivity index (χ1) is 13.0. The van der Waals surface area contributed by atoms with E-state index in [9.17, 15) is 35.8 Å². The van der Waals surface area contributed by atoms with Crippen LogP contribution in [0.4, 0.5) is 30.7 Å². The molecule has 2 saturated heterocycles. The van der Waals surface area contributed by atoms with Crippen molar-refractivity contribution in [2.24, 2.45) is 0 Å². The molecule has 0 saturated carbocycles. The smallest absolute Gasteiger partial charge is 0.383 e. The van der Waals surface area contributed by atoms with E-state index in [1.54, 1.807) is 0 Å². The van der Waals surface area contributed by atoms with Gasteiger partial charge in [-0.25, -0.2) is 4.39 Å². The lowest BCUT2D eigenvalue weighted by Gasteiger charge is -2.32. The molecule has 3 aliphatic rings. The van der Waals surface area contributed by atoms with Gasteiger partial charge in [-0.15, -0.1) is 0 Å². The van der Waals surface area contributed by atoms with E-state index in [2.05, 4.69) is 9.84 Å². The van der Waals surface area contributed by atoms with Crippen LogP contribution in [0.15, 0.2) is 0 Å². The summed E-state index contributed by atoms with van der Waals surface area (Å²) in [5.41, 5.74) is -2.93. The van der Waals surface area contributed by atoms with Crippen LogP contribution in [0, 0.1) is 0 Å². The summed E-state index contributed by atoms with van der Waals surface area (Å²) in [5.74, 6) is -2.48. The van der Waals surface area contributed by atoms with Crippen molar-refractivity contribution in [2.75, 3.05) is 19.8 Å². The lowest BCUT2D eigenvalue weighted by Crippen LogP contribution is -2.39. The first-order valence-corrected chi connectivity index (χ1v) is 8.45. The molecule has 4 atom stereocenters. The van der Waals surface area contributed by atoms with E-state index >= 15 is 0 Å². The summed E-state index contributed by atoms with van der Waals surface area (Å²) in [7, 11) is 0. The summed E-state index contributed by atoms with van der Waals surface area (Å²) in [6, 6.07) is -1.18. The van der Waals surface area contributed by atoms with Gasteiger partial charge in [0.15, 0.2) is 18.0 Å². The van der Waals surface area contributed by atoms with Gasteiger partial charge in [-0.05, 0) is 6.42 Å². The van der Waals surface area contributed by atoms with E-state index in [1.807, 2.05) is 0 Å². The summed E-state index contributed by atoms with van der Waals surface area (Å²) in [5, 5.41) is 13.7. The molecule has 0 aromatic carbocycles. The van der Waals surface area contributed by atoms with Crippen molar-refractivity contribution < 1.29 is 50.1 Å². The Morgan fingerprint density at radius 1 is 1.07 bits per heavy atom. The Hall–Kier alpha value is -1.44. The molecule has 4 rings (SSSR count). The van der Waals surface area contributed by atoms with Crippen molar-refractivity contribution in [3.8, 4) is 0 Å². The zero-order valence-electron chi connectivity index (χ0n) is 14.1. The van der Waals surface area contributed by atoms with Crippen LogP contribution in [0.3, 0.4) is 0 Å². The minimum absolute atomic E-state index is 0.0869. The molecular weight excluding hydrogens is 405 g/mol. The molecule has 2 fully saturated rings. The molecule has 0 bridgehead atoms. The van der Waals surface area contributed by atoms with Gasteiger partial charge < -0.3 is 19.3 Å². The van der Waals surface area contributed by atoms with E-state index in [1.165, 1.54) is 0 Å². The fourth-order valence-corrected chi connectivity index (χ4v) is 4.00. The maximum atomic E-state index is 14.8. The van der Waals surface area contributed by atoms with Crippen LogP contribution < -0.4 is 0 Å². The number of halogens is 7. The van der Waals surface area contributed by atoms with Gasteiger partial charge in [-0.3, -0.25) is 4.68 Å². The third kappa shape index (κ3) is 2.82. The number of alkyl halides is 7. The summed E-state index contributed by atoms with van der Waals surface area (Å²) in [6.07, 6.45) is -17.3. The van der Waals surface area contributed by atoms with Crippen molar-refractivity contribution in [1.29, 1.82) is 0 Å². The lowest BCUT2D eigenvalue weighted by atomic mass is 10.0. The van der Waals surface area contributed by atoms with Crippen molar-refractivity contribution in [3.05, 3.63) is 17.0 Å². The van der Waals surface area contributed by atoms with Crippen LogP contribution in [-0.2, 0) is 26.2 Å². The van der Waals surface area contributed by atoms with Gasteiger partial charge >= 0.3 is 12.4 Å². The first-order valence-electron chi connectivity index (χ1n) is 8.45. The lowest BCUT2D eigenvalue weighted by molar-refractivity contribution is -0.235. The zero-order valence-corrected chi connectivity index (χ0v) is 14.1. The minimum atomic E-state index is -5.06. The van der Waals surface area contributed by atoms with Crippen LogP contribution >= 0.6 is 0 Å². The van der Waals surface area contributed by atoms with Gasteiger partial charge in [0.05, 0.1) is 30.5 Å². The first kappa shape index (κ1) is 19.9. The largest absolute Gasteiger partial charge is 0.435 e. The summed E-state index contributed by atoms with van der Waals surface area (Å²) >= 11 is 0. The van der Waals surface area contributed by atoms with Gasteiger partial charge in [-0.1, -0.05) is 0 Å². The fraction of sp³-hybridized carbons (Fsp3) is 0.800. The highest BCUT2D eigenvalue weighted by molar-refractivity contribution is 5.42. The Kier molecular flexibility index (Phi) is 4.45. The second-order valence-corrected chi connectivity index (χ2v) is 6.84. The average molecular weight is 420 g/mol. The molecule has 158 valence electrons. The number of rotatable bonds is 1.